The zero-order valence-electron chi connectivity index (χ0n) is 16.5. The lowest BCUT2D eigenvalue weighted by molar-refractivity contribution is 0.137. The summed E-state index contributed by atoms with van der Waals surface area (Å²) in [6.07, 6.45) is 4.14. The van der Waals surface area contributed by atoms with E-state index < -0.39 is 0 Å². The van der Waals surface area contributed by atoms with Crippen molar-refractivity contribution in [3.8, 4) is 22.9 Å². The molecule has 5 rings (SSSR count). The molecule has 2 aliphatic heterocycles. The van der Waals surface area contributed by atoms with Crippen LogP contribution in [0.5, 0.6) is 5.75 Å². The largest absolute Gasteiger partial charge is 0.485 e. The van der Waals surface area contributed by atoms with E-state index in [1.165, 1.54) is 11.1 Å². The van der Waals surface area contributed by atoms with Crippen LogP contribution in [-0.2, 0) is 5.41 Å². The SMILES string of the molecule is N#Cc1cccc(-c2ccc3c(c2)C2(C=C(N)SCC2)CC(c2ccccc2)O3)c1. The molecule has 1 spiro atoms. The Kier molecular flexibility index (Phi) is 4.77. The molecule has 0 amide bonds. The summed E-state index contributed by atoms with van der Waals surface area (Å²) in [7, 11) is 0. The molecule has 0 saturated carbocycles. The molecule has 0 fully saturated rings. The van der Waals surface area contributed by atoms with Gasteiger partial charge in [-0.05, 0) is 53.5 Å². The predicted octanol–water partition coefficient (Wildman–Crippen LogP) is 5.92. The summed E-state index contributed by atoms with van der Waals surface area (Å²) in [6.45, 7) is 0. The van der Waals surface area contributed by atoms with Crippen LogP contribution in [0.2, 0.25) is 0 Å². The number of ether oxygens (including phenoxy) is 1. The molecule has 0 saturated heterocycles. The van der Waals surface area contributed by atoms with Gasteiger partial charge < -0.3 is 10.5 Å². The van der Waals surface area contributed by atoms with Crippen molar-refractivity contribution in [1.29, 1.82) is 5.26 Å². The Bertz CT molecular complexity index is 1170. The van der Waals surface area contributed by atoms with E-state index in [1.807, 2.05) is 30.3 Å². The van der Waals surface area contributed by atoms with Crippen LogP contribution in [0.3, 0.4) is 0 Å². The molecule has 4 heteroatoms. The summed E-state index contributed by atoms with van der Waals surface area (Å²) in [5.74, 6) is 1.92. The molecule has 2 unspecified atom stereocenters. The Morgan fingerprint density at radius 3 is 2.63 bits per heavy atom. The van der Waals surface area contributed by atoms with Crippen molar-refractivity contribution in [2.75, 3.05) is 5.75 Å². The Morgan fingerprint density at radius 1 is 1.00 bits per heavy atom. The molecule has 0 bridgehead atoms. The number of nitrogens with two attached hydrogens (primary N) is 1. The average molecular weight is 411 g/mol. The first-order valence-electron chi connectivity index (χ1n) is 10.1. The summed E-state index contributed by atoms with van der Waals surface area (Å²) in [6, 6.07) is 26.8. The van der Waals surface area contributed by atoms with Crippen LogP contribution in [0.15, 0.2) is 83.9 Å². The van der Waals surface area contributed by atoms with E-state index in [0.717, 1.165) is 40.5 Å². The summed E-state index contributed by atoms with van der Waals surface area (Å²) >= 11 is 1.72. The van der Waals surface area contributed by atoms with Gasteiger partial charge in [0, 0.05) is 23.2 Å². The van der Waals surface area contributed by atoms with Crippen LogP contribution in [0.4, 0.5) is 0 Å². The highest BCUT2D eigenvalue weighted by molar-refractivity contribution is 8.03. The number of nitrogens with zero attached hydrogens (tertiary/aromatic N) is 1. The lowest BCUT2D eigenvalue weighted by Crippen LogP contribution is -2.36. The summed E-state index contributed by atoms with van der Waals surface area (Å²) < 4.78 is 6.49. The number of nitriles is 1. The van der Waals surface area contributed by atoms with Crippen molar-refractivity contribution in [1.82, 2.24) is 0 Å². The number of fused-ring (bicyclic) bond motifs is 2. The topological polar surface area (TPSA) is 59.0 Å². The van der Waals surface area contributed by atoms with Gasteiger partial charge in [0.2, 0.25) is 0 Å². The summed E-state index contributed by atoms with van der Waals surface area (Å²) in [5.41, 5.74) is 11.4. The molecule has 0 radical (unpaired) electrons. The summed E-state index contributed by atoms with van der Waals surface area (Å²) in [5, 5.41) is 10.2. The molecule has 2 atom stereocenters. The van der Waals surface area contributed by atoms with Gasteiger partial charge in [-0.2, -0.15) is 5.26 Å². The quantitative estimate of drug-likeness (QED) is 0.569. The van der Waals surface area contributed by atoms with E-state index in [9.17, 15) is 5.26 Å². The molecular formula is C26H22N2OS. The molecule has 2 heterocycles. The van der Waals surface area contributed by atoms with E-state index in [2.05, 4.69) is 54.6 Å². The van der Waals surface area contributed by atoms with Gasteiger partial charge in [0.1, 0.15) is 11.9 Å². The first-order valence-corrected chi connectivity index (χ1v) is 11.1. The van der Waals surface area contributed by atoms with E-state index in [0.29, 0.717) is 5.56 Å². The molecule has 2 N–H and O–H groups in total. The third kappa shape index (κ3) is 3.36. The highest BCUT2D eigenvalue weighted by Crippen LogP contribution is 2.52. The standard InChI is InChI=1S/C26H22N2OS/c27-17-18-5-4-8-20(13-18)21-9-10-23-22(14-21)26(11-12-30-25(28)16-26)15-24(29-23)19-6-2-1-3-7-19/h1-10,13-14,16,24H,11-12,15,28H2. The molecule has 3 nitrogen and oxygen atoms in total. The predicted molar refractivity (Wildman–Crippen MR) is 122 cm³/mol. The number of allylic oxidation sites excluding steroid dienone is 1. The molecule has 2 aliphatic rings. The van der Waals surface area contributed by atoms with Gasteiger partial charge in [-0.1, -0.05) is 48.5 Å². The molecular weight excluding hydrogens is 388 g/mol. The number of thioether (sulfide) groups is 1. The number of hydrogen-bond acceptors (Lipinski definition) is 4. The van der Waals surface area contributed by atoms with Crippen LogP contribution in [0.25, 0.3) is 11.1 Å². The van der Waals surface area contributed by atoms with Gasteiger partial charge >= 0.3 is 0 Å². The van der Waals surface area contributed by atoms with E-state index in [4.69, 9.17) is 10.5 Å². The minimum Gasteiger partial charge on any atom is -0.485 e. The molecule has 3 aromatic carbocycles. The molecule has 0 aromatic heterocycles. The van der Waals surface area contributed by atoms with Gasteiger partial charge in [-0.3, -0.25) is 0 Å². The Labute approximate surface area is 181 Å². The lowest BCUT2D eigenvalue weighted by atomic mass is 9.70. The number of rotatable bonds is 2. The highest BCUT2D eigenvalue weighted by atomic mass is 32.2. The maximum atomic E-state index is 9.27. The van der Waals surface area contributed by atoms with Gasteiger partial charge in [0.05, 0.1) is 16.7 Å². The van der Waals surface area contributed by atoms with E-state index >= 15 is 0 Å². The van der Waals surface area contributed by atoms with Crippen LogP contribution < -0.4 is 10.5 Å². The number of hydrogen-bond donors (Lipinski definition) is 1. The lowest BCUT2D eigenvalue weighted by Gasteiger charge is -2.43. The maximum Gasteiger partial charge on any atom is 0.125 e. The fourth-order valence-corrected chi connectivity index (χ4v) is 5.58. The average Bonchev–Trinajstić information content (AvgIpc) is 2.79. The van der Waals surface area contributed by atoms with Crippen molar-refractivity contribution in [2.45, 2.75) is 24.4 Å². The van der Waals surface area contributed by atoms with Crippen LogP contribution in [0.1, 0.15) is 35.6 Å². The van der Waals surface area contributed by atoms with Crippen molar-refractivity contribution >= 4 is 11.8 Å². The normalized spacial score (nSPS) is 22.5. The monoisotopic (exact) mass is 410 g/mol. The van der Waals surface area contributed by atoms with Crippen LogP contribution in [-0.4, -0.2) is 5.75 Å². The van der Waals surface area contributed by atoms with E-state index in [-0.39, 0.29) is 11.5 Å². The molecule has 0 aliphatic carbocycles. The van der Waals surface area contributed by atoms with Crippen LogP contribution in [0, 0.1) is 11.3 Å². The first kappa shape index (κ1) is 18.8. The smallest absolute Gasteiger partial charge is 0.125 e. The third-order valence-electron chi connectivity index (χ3n) is 6.07. The summed E-state index contributed by atoms with van der Waals surface area (Å²) in [4.78, 5) is 0. The Hall–Kier alpha value is -3.16. The van der Waals surface area contributed by atoms with Crippen molar-refractivity contribution in [3.63, 3.8) is 0 Å². The van der Waals surface area contributed by atoms with Gasteiger partial charge in [-0.15, -0.1) is 11.8 Å². The fraction of sp³-hybridized carbons (Fsp3) is 0.192. The third-order valence-corrected chi connectivity index (χ3v) is 6.93. The number of benzene rings is 3. The second-order valence-electron chi connectivity index (χ2n) is 7.93. The molecule has 30 heavy (non-hydrogen) atoms. The molecule has 3 aromatic rings. The minimum atomic E-state index is -0.147. The van der Waals surface area contributed by atoms with Crippen LogP contribution >= 0.6 is 11.8 Å². The van der Waals surface area contributed by atoms with Gasteiger partial charge in [-0.25, -0.2) is 0 Å². The molecule has 148 valence electrons. The van der Waals surface area contributed by atoms with Crippen molar-refractivity contribution < 1.29 is 4.74 Å². The maximum absolute atomic E-state index is 9.27. The van der Waals surface area contributed by atoms with Crippen molar-refractivity contribution in [3.05, 3.63) is 101 Å². The van der Waals surface area contributed by atoms with Gasteiger partial charge in [0.15, 0.2) is 0 Å². The Morgan fingerprint density at radius 2 is 1.83 bits per heavy atom. The van der Waals surface area contributed by atoms with Crippen molar-refractivity contribution in [2.24, 2.45) is 5.73 Å². The zero-order valence-corrected chi connectivity index (χ0v) is 17.4. The van der Waals surface area contributed by atoms with Gasteiger partial charge in [0.25, 0.3) is 0 Å². The zero-order chi connectivity index (χ0) is 20.6. The minimum absolute atomic E-state index is 0.00128. The second kappa shape index (κ2) is 7.59. The first-order chi connectivity index (χ1) is 14.7. The second-order valence-corrected chi connectivity index (χ2v) is 9.09. The Balaban J connectivity index is 1.64. The van der Waals surface area contributed by atoms with E-state index in [1.54, 1.807) is 11.8 Å². The highest BCUT2D eigenvalue weighted by Gasteiger charge is 2.42. The fourth-order valence-electron chi connectivity index (χ4n) is 4.57.